The van der Waals surface area contributed by atoms with Gasteiger partial charge < -0.3 is 29.2 Å². The summed E-state index contributed by atoms with van der Waals surface area (Å²) in [4.78, 5) is 38.2. The van der Waals surface area contributed by atoms with Crippen LogP contribution in [0.4, 0.5) is 11.6 Å². The fourth-order valence-electron chi connectivity index (χ4n) is 5.05. The Labute approximate surface area is 224 Å². The molecule has 2 N–H and O–H groups in total. The van der Waals surface area contributed by atoms with E-state index in [0.717, 1.165) is 5.69 Å². The third-order valence-corrected chi connectivity index (χ3v) is 7.09. The van der Waals surface area contributed by atoms with Gasteiger partial charge in [0.05, 0.1) is 49.1 Å². The zero-order valence-electron chi connectivity index (χ0n) is 21.6. The Morgan fingerprint density at radius 2 is 1.85 bits per heavy atom. The van der Waals surface area contributed by atoms with Crippen molar-refractivity contribution in [1.29, 1.82) is 0 Å². The number of carbonyl (C=O) groups excluding carboxylic acids is 2. The standard InChI is InChI=1S/C29H26N4O6/c1-32-11-12-39-23-10-7-17(14-22(23)32)26(34)24-25(16-5-4-6-18(13-16)37-2)33(28(36)27(24)35)29-30-20-9-8-19(38-3)15-21(20)31-29/h4-10,13-15,25,34H,11-12H2,1-3H3,(H,30,31)/b26-24+. The summed E-state index contributed by atoms with van der Waals surface area (Å²) in [5.74, 6) is 0.0942. The predicted octanol–water partition coefficient (Wildman–Crippen LogP) is 4.04. The molecule has 1 fully saturated rings. The summed E-state index contributed by atoms with van der Waals surface area (Å²) in [6, 6.07) is 16.5. The monoisotopic (exact) mass is 526 g/mol. The van der Waals surface area contributed by atoms with Gasteiger partial charge in [-0.3, -0.25) is 14.5 Å². The van der Waals surface area contributed by atoms with Gasteiger partial charge in [-0.2, -0.15) is 0 Å². The number of anilines is 2. The molecule has 1 saturated heterocycles. The number of aromatic nitrogens is 2. The van der Waals surface area contributed by atoms with Gasteiger partial charge in [0.1, 0.15) is 29.6 Å². The Morgan fingerprint density at radius 1 is 1.05 bits per heavy atom. The highest BCUT2D eigenvalue weighted by Gasteiger charge is 2.48. The summed E-state index contributed by atoms with van der Waals surface area (Å²) >= 11 is 0. The van der Waals surface area contributed by atoms with Crippen LogP contribution in [0.2, 0.25) is 0 Å². The Hall–Kier alpha value is -4.99. The molecule has 10 heteroatoms. The van der Waals surface area contributed by atoms with Crippen LogP contribution in [-0.2, 0) is 9.59 Å². The molecule has 198 valence electrons. The zero-order chi connectivity index (χ0) is 27.3. The zero-order valence-corrected chi connectivity index (χ0v) is 21.6. The number of ether oxygens (including phenoxy) is 3. The van der Waals surface area contributed by atoms with Gasteiger partial charge in [0.15, 0.2) is 0 Å². The molecular weight excluding hydrogens is 500 g/mol. The number of rotatable bonds is 5. The second-order valence-corrected chi connectivity index (χ2v) is 9.34. The van der Waals surface area contributed by atoms with E-state index in [1.54, 1.807) is 67.8 Å². The van der Waals surface area contributed by atoms with Crippen LogP contribution in [0, 0.1) is 0 Å². The number of imidazole rings is 1. The minimum absolute atomic E-state index is 0.0504. The van der Waals surface area contributed by atoms with Gasteiger partial charge in [-0.15, -0.1) is 0 Å². The molecule has 6 rings (SSSR count). The minimum atomic E-state index is -0.965. The number of ketones is 1. The Balaban J connectivity index is 1.54. The maximum Gasteiger partial charge on any atom is 0.302 e. The maximum atomic E-state index is 13.6. The van der Waals surface area contributed by atoms with E-state index in [1.165, 1.54) is 12.0 Å². The number of fused-ring (bicyclic) bond motifs is 2. The fourth-order valence-corrected chi connectivity index (χ4v) is 5.05. The van der Waals surface area contributed by atoms with Crippen LogP contribution >= 0.6 is 0 Å². The van der Waals surface area contributed by atoms with Crippen LogP contribution in [0.1, 0.15) is 17.2 Å². The second kappa shape index (κ2) is 9.39. The van der Waals surface area contributed by atoms with E-state index in [9.17, 15) is 14.7 Å². The predicted molar refractivity (Wildman–Crippen MR) is 146 cm³/mol. The smallest absolute Gasteiger partial charge is 0.302 e. The third-order valence-electron chi connectivity index (χ3n) is 7.09. The highest BCUT2D eigenvalue weighted by atomic mass is 16.5. The molecule has 1 amide bonds. The summed E-state index contributed by atoms with van der Waals surface area (Å²) in [6.07, 6.45) is 0. The summed E-state index contributed by atoms with van der Waals surface area (Å²) in [7, 11) is 5.02. The van der Waals surface area contributed by atoms with Crippen LogP contribution in [-0.4, -0.2) is 61.2 Å². The number of H-pyrrole nitrogens is 1. The number of hydrogen-bond donors (Lipinski definition) is 2. The number of nitrogens with zero attached hydrogens (tertiary/aromatic N) is 3. The van der Waals surface area contributed by atoms with Gasteiger partial charge in [0.2, 0.25) is 5.95 Å². The highest BCUT2D eigenvalue weighted by Crippen LogP contribution is 2.43. The number of aliphatic hydroxyl groups excluding tert-OH is 1. The van der Waals surface area contributed by atoms with Crippen LogP contribution < -0.4 is 24.0 Å². The van der Waals surface area contributed by atoms with Crippen molar-refractivity contribution in [2.24, 2.45) is 0 Å². The second-order valence-electron chi connectivity index (χ2n) is 9.34. The molecule has 1 atom stereocenters. The first-order valence-electron chi connectivity index (χ1n) is 12.4. The number of likely N-dealkylation sites (N-methyl/N-ethyl adjacent to an activating group) is 1. The Bertz CT molecular complexity index is 1660. The van der Waals surface area contributed by atoms with Crippen molar-refractivity contribution in [3.63, 3.8) is 0 Å². The molecule has 4 aromatic rings. The minimum Gasteiger partial charge on any atom is -0.507 e. The van der Waals surface area contributed by atoms with Gasteiger partial charge in [0.25, 0.3) is 5.78 Å². The number of Topliss-reactive ketones (excluding diaryl/α,β-unsaturated/α-hetero) is 1. The van der Waals surface area contributed by atoms with Crippen LogP contribution in [0.15, 0.2) is 66.2 Å². The van der Waals surface area contributed by atoms with Crippen molar-refractivity contribution < 1.29 is 28.9 Å². The van der Waals surface area contributed by atoms with Crippen molar-refractivity contribution in [2.75, 3.05) is 44.2 Å². The molecule has 0 spiro atoms. The molecule has 1 unspecified atom stereocenters. The number of amides is 1. The largest absolute Gasteiger partial charge is 0.507 e. The van der Waals surface area contributed by atoms with Crippen molar-refractivity contribution in [3.8, 4) is 17.2 Å². The molecule has 0 bridgehead atoms. The van der Waals surface area contributed by atoms with Crippen molar-refractivity contribution in [2.45, 2.75) is 6.04 Å². The molecule has 2 aliphatic rings. The third kappa shape index (κ3) is 4.01. The van der Waals surface area contributed by atoms with Gasteiger partial charge >= 0.3 is 5.91 Å². The number of aliphatic hydroxyl groups is 1. The number of aromatic amines is 1. The van der Waals surface area contributed by atoms with Crippen LogP contribution in [0.3, 0.4) is 0 Å². The lowest BCUT2D eigenvalue weighted by Gasteiger charge is -2.28. The topological polar surface area (TPSA) is 117 Å². The van der Waals surface area contributed by atoms with Gasteiger partial charge in [0, 0.05) is 18.7 Å². The summed E-state index contributed by atoms with van der Waals surface area (Å²) in [6.45, 7) is 1.24. The van der Waals surface area contributed by atoms with E-state index in [1.807, 2.05) is 11.9 Å². The molecule has 0 aliphatic carbocycles. The number of nitrogens with one attached hydrogen (secondary N) is 1. The molecule has 39 heavy (non-hydrogen) atoms. The summed E-state index contributed by atoms with van der Waals surface area (Å²) < 4.78 is 16.4. The molecule has 1 aromatic heterocycles. The molecule has 10 nitrogen and oxygen atoms in total. The average molecular weight is 527 g/mol. The highest BCUT2D eigenvalue weighted by molar-refractivity contribution is 6.51. The average Bonchev–Trinajstić information content (AvgIpc) is 3.50. The first-order valence-corrected chi connectivity index (χ1v) is 12.4. The number of carbonyl (C=O) groups is 2. The molecule has 3 heterocycles. The molecule has 3 aromatic carbocycles. The number of hydrogen-bond acceptors (Lipinski definition) is 8. The van der Waals surface area contributed by atoms with E-state index >= 15 is 0 Å². The van der Waals surface area contributed by atoms with E-state index in [2.05, 4.69) is 9.97 Å². The van der Waals surface area contributed by atoms with Gasteiger partial charge in [-0.05, 0) is 48.0 Å². The first kappa shape index (κ1) is 24.4. The maximum absolute atomic E-state index is 13.6. The van der Waals surface area contributed by atoms with E-state index < -0.39 is 17.7 Å². The molecule has 2 aliphatic heterocycles. The summed E-state index contributed by atoms with van der Waals surface area (Å²) in [5.41, 5.74) is 2.93. The quantitative estimate of drug-likeness (QED) is 0.227. The van der Waals surface area contributed by atoms with Crippen LogP contribution in [0.25, 0.3) is 16.8 Å². The van der Waals surface area contributed by atoms with Crippen molar-refractivity contribution in [1.82, 2.24) is 9.97 Å². The number of benzene rings is 3. The van der Waals surface area contributed by atoms with Gasteiger partial charge in [-0.25, -0.2) is 4.98 Å². The van der Waals surface area contributed by atoms with Gasteiger partial charge in [-0.1, -0.05) is 12.1 Å². The lowest BCUT2D eigenvalue weighted by molar-refractivity contribution is -0.132. The van der Waals surface area contributed by atoms with E-state index in [0.29, 0.717) is 52.6 Å². The first-order chi connectivity index (χ1) is 18.9. The molecule has 0 radical (unpaired) electrons. The van der Waals surface area contributed by atoms with Crippen molar-refractivity contribution in [3.05, 3.63) is 77.4 Å². The van der Waals surface area contributed by atoms with Crippen LogP contribution in [0.5, 0.6) is 17.2 Å². The molecule has 0 saturated carbocycles. The SMILES string of the molecule is COc1cccc(C2/C(=C(\O)c3ccc4c(c3)N(C)CCO4)C(=O)C(=O)N2c2nc3ccc(OC)cc3[nH]2)c1. The number of methoxy groups -OCH3 is 2. The van der Waals surface area contributed by atoms with Crippen molar-refractivity contribution >= 4 is 40.1 Å². The summed E-state index contributed by atoms with van der Waals surface area (Å²) in [5, 5.41) is 11.6. The van der Waals surface area contributed by atoms with E-state index in [-0.39, 0.29) is 17.3 Å². The normalized spacial score (nSPS) is 18.3. The lowest BCUT2D eigenvalue weighted by Crippen LogP contribution is -2.30. The fraction of sp³-hybridized carbons (Fsp3) is 0.207. The van der Waals surface area contributed by atoms with E-state index in [4.69, 9.17) is 14.2 Å². The Kier molecular flexibility index (Phi) is 5.86. The lowest BCUT2D eigenvalue weighted by atomic mass is 9.95. The molecular formula is C29H26N4O6. The Morgan fingerprint density at radius 3 is 2.64 bits per heavy atom.